The Bertz CT molecular complexity index is 535. The van der Waals surface area contributed by atoms with E-state index in [4.69, 9.17) is 0 Å². The van der Waals surface area contributed by atoms with Crippen molar-refractivity contribution in [2.75, 3.05) is 7.05 Å². The van der Waals surface area contributed by atoms with Gasteiger partial charge in [-0.15, -0.1) is 0 Å². The number of amides is 2. The van der Waals surface area contributed by atoms with Gasteiger partial charge in [0.15, 0.2) is 0 Å². The molecular weight excluding hydrogens is 283 g/mol. The van der Waals surface area contributed by atoms with Crippen molar-refractivity contribution in [3.8, 4) is 0 Å². The van der Waals surface area contributed by atoms with E-state index in [2.05, 4.69) is 5.32 Å². The van der Waals surface area contributed by atoms with Crippen LogP contribution < -0.4 is 5.32 Å². The minimum Gasteiger partial charge on any atom is -0.344 e. The van der Waals surface area contributed by atoms with E-state index in [0.717, 1.165) is 5.56 Å². The Morgan fingerprint density at radius 1 is 1.14 bits per heavy atom. The van der Waals surface area contributed by atoms with Crippen molar-refractivity contribution in [2.24, 2.45) is 5.41 Å². The molecule has 0 spiro atoms. The highest BCUT2D eigenvalue weighted by Crippen LogP contribution is 2.20. The van der Waals surface area contributed by atoms with Crippen LogP contribution in [-0.4, -0.2) is 29.8 Å². The summed E-state index contributed by atoms with van der Waals surface area (Å²) < 4.78 is 13.0. The van der Waals surface area contributed by atoms with Gasteiger partial charge in [-0.05, 0) is 31.5 Å². The average Bonchev–Trinajstić information content (AvgIpc) is 2.44. The predicted molar refractivity (Wildman–Crippen MR) is 84.6 cm³/mol. The van der Waals surface area contributed by atoms with Crippen molar-refractivity contribution in [1.82, 2.24) is 10.2 Å². The molecule has 0 fully saturated rings. The fourth-order valence-electron chi connectivity index (χ4n) is 1.94. The fraction of sp³-hybridized carbons (Fsp3) is 0.529. The van der Waals surface area contributed by atoms with Gasteiger partial charge in [0.05, 0.1) is 6.04 Å². The van der Waals surface area contributed by atoms with E-state index < -0.39 is 11.5 Å². The Balaban J connectivity index is 2.75. The number of carbonyl (C=O) groups excluding carboxylic acids is 2. The quantitative estimate of drug-likeness (QED) is 0.930. The van der Waals surface area contributed by atoms with Gasteiger partial charge in [0.1, 0.15) is 11.9 Å². The van der Waals surface area contributed by atoms with Gasteiger partial charge >= 0.3 is 0 Å². The maximum absolute atomic E-state index is 13.0. The van der Waals surface area contributed by atoms with Crippen molar-refractivity contribution in [2.45, 2.75) is 46.7 Å². The van der Waals surface area contributed by atoms with Crippen LogP contribution in [0.15, 0.2) is 24.3 Å². The molecule has 2 amide bonds. The lowest BCUT2D eigenvalue weighted by Gasteiger charge is -2.29. The lowest BCUT2D eigenvalue weighted by Crippen LogP contribution is -2.49. The number of hydrogen-bond donors (Lipinski definition) is 1. The monoisotopic (exact) mass is 308 g/mol. The van der Waals surface area contributed by atoms with Crippen molar-refractivity contribution in [1.29, 1.82) is 0 Å². The summed E-state index contributed by atoms with van der Waals surface area (Å²) >= 11 is 0. The van der Waals surface area contributed by atoms with Crippen LogP contribution >= 0.6 is 0 Å². The molecule has 1 rings (SSSR count). The number of nitrogens with zero attached hydrogens (tertiary/aromatic N) is 1. The number of hydrogen-bond acceptors (Lipinski definition) is 2. The van der Waals surface area contributed by atoms with Crippen LogP contribution in [-0.2, 0) is 9.59 Å². The molecule has 0 saturated heterocycles. The topological polar surface area (TPSA) is 49.4 Å². The van der Waals surface area contributed by atoms with Crippen LogP contribution in [0.3, 0.4) is 0 Å². The van der Waals surface area contributed by atoms with Crippen molar-refractivity contribution in [3.63, 3.8) is 0 Å². The number of nitrogens with one attached hydrogen (secondary N) is 1. The first-order chi connectivity index (χ1) is 10.0. The summed E-state index contributed by atoms with van der Waals surface area (Å²) in [7, 11) is 1.68. The van der Waals surface area contributed by atoms with E-state index in [1.807, 2.05) is 6.92 Å². The average molecular weight is 308 g/mol. The molecule has 0 bridgehead atoms. The Morgan fingerprint density at radius 3 is 2.09 bits per heavy atom. The normalized spacial score (nSPS) is 14.1. The van der Waals surface area contributed by atoms with Crippen LogP contribution in [0.25, 0.3) is 0 Å². The molecule has 0 radical (unpaired) electrons. The number of likely N-dealkylation sites (N-methyl/N-ethyl adjacent to an activating group) is 1. The van der Waals surface area contributed by atoms with Crippen LogP contribution in [0.4, 0.5) is 4.39 Å². The predicted octanol–water partition coefficient (Wildman–Crippen LogP) is 2.90. The zero-order valence-electron chi connectivity index (χ0n) is 14.1. The standard InChI is InChI=1S/C17H25FN2O2/c1-11(19-16(22)17(3,4)5)15(21)20(6)12(2)13-7-9-14(18)10-8-13/h7-12H,1-6H3,(H,19,22). The third-order valence-corrected chi connectivity index (χ3v) is 3.68. The van der Waals surface area contributed by atoms with Gasteiger partial charge in [0, 0.05) is 12.5 Å². The number of halogens is 1. The summed E-state index contributed by atoms with van der Waals surface area (Å²) in [4.78, 5) is 25.9. The summed E-state index contributed by atoms with van der Waals surface area (Å²) in [6.45, 7) is 8.92. The van der Waals surface area contributed by atoms with E-state index >= 15 is 0 Å². The molecule has 122 valence electrons. The highest BCUT2D eigenvalue weighted by atomic mass is 19.1. The van der Waals surface area contributed by atoms with Gasteiger partial charge in [-0.1, -0.05) is 32.9 Å². The first-order valence-corrected chi connectivity index (χ1v) is 7.37. The molecule has 0 aromatic heterocycles. The molecule has 0 heterocycles. The number of carbonyl (C=O) groups is 2. The molecule has 2 unspecified atom stereocenters. The maximum atomic E-state index is 13.0. The largest absolute Gasteiger partial charge is 0.344 e. The van der Waals surface area contributed by atoms with E-state index in [9.17, 15) is 14.0 Å². The van der Waals surface area contributed by atoms with Crippen LogP contribution in [0, 0.1) is 11.2 Å². The summed E-state index contributed by atoms with van der Waals surface area (Å²) in [6.07, 6.45) is 0. The zero-order chi connectivity index (χ0) is 17.1. The van der Waals surface area contributed by atoms with E-state index in [0.29, 0.717) is 0 Å². The Kier molecular flexibility index (Phi) is 5.69. The molecule has 4 nitrogen and oxygen atoms in total. The molecule has 1 N–H and O–H groups in total. The molecular formula is C17H25FN2O2. The summed E-state index contributed by atoms with van der Waals surface area (Å²) in [5.74, 6) is -0.665. The second-order valence-electron chi connectivity index (χ2n) is 6.62. The molecule has 1 aromatic carbocycles. The lowest BCUT2D eigenvalue weighted by molar-refractivity contribution is -0.138. The molecule has 0 aliphatic heterocycles. The lowest BCUT2D eigenvalue weighted by atomic mass is 9.95. The van der Waals surface area contributed by atoms with E-state index in [1.54, 1.807) is 51.8 Å². The maximum Gasteiger partial charge on any atom is 0.245 e. The second kappa shape index (κ2) is 6.90. The van der Waals surface area contributed by atoms with E-state index in [-0.39, 0.29) is 23.7 Å². The van der Waals surface area contributed by atoms with Crippen LogP contribution in [0.2, 0.25) is 0 Å². The Labute approximate surface area is 131 Å². The zero-order valence-corrected chi connectivity index (χ0v) is 14.1. The molecule has 0 aliphatic carbocycles. The third-order valence-electron chi connectivity index (χ3n) is 3.68. The molecule has 2 atom stereocenters. The molecule has 0 aliphatic rings. The van der Waals surface area contributed by atoms with Crippen molar-refractivity contribution in [3.05, 3.63) is 35.6 Å². The van der Waals surface area contributed by atoms with Crippen LogP contribution in [0.1, 0.15) is 46.2 Å². The minimum absolute atomic E-state index is 0.170. The van der Waals surface area contributed by atoms with Gasteiger partial charge < -0.3 is 10.2 Å². The third kappa shape index (κ3) is 4.55. The summed E-state index contributed by atoms with van der Waals surface area (Å²) in [6, 6.07) is 5.23. The van der Waals surface area contributed by atoms with Crippen molar-refractivity contribution < 1.29 is 14.0 Å². The Hall–Kier alpha value is -1.91. The van der Waals surface area contributed by atoms with Gasteiger partial charge in [-0.25, -0.2) is 4.39 Å². The van der Waals surface area contributed by atoms with E-state index in [1.165, 1.54) is 12.1 Å². The summed E-state index contributed by atoms with van der Waals surface area (Å²) in [5, 5.41) is 2.73. The highest BCUT2D eigenvalue weighted by Gasteiger charge is 2.28. The van der Waals surface area contributed by atoms with Gasteiger partial charge in [0.2, 0.25) is 11.8 Å². The number of benzene rings is 1. The van der Waals surface area contributed by atoms with Gasteiger partial charge in [0.25, 0.3) is 0 Å². The highest BCUT2D eigenvalue weighted by molar-refractivity contribution is 5.89. The van der Waals surface area contributed by atoms with Gasteiger partial charge in [-0.3, -0.25) is 9.59 Å². The molecule has 22 heavy (non-hydrogen) atoms. The second-order valence-corrected chi connectivity index (χ2v) is 6.62. The van der Waals surface area contributed by atoms with Crippen LogP contribution in [0.5, 0.6) is 0 Å². The number of rotatable bonds is 4. The van der Waals surface area contributed by atoms with Gasteiger partial charge in [-0.2, -0.15) is 0 Å². The van der Waals surface area contributed by atoms with Crippen molar-refractivity contribution >= 4 is 11.8 Å². The molecule has 1 aromatic rings. The molecule has 0 saturated carbocycles. The first kappa shape index (κ1) is 18.1. The Morgan fingerprint density at radius 2 is 1.64 bits per heavy atom. The minimum atomic E-state index is -0.611. The fourth-order valence-corrected chi connectivity index (χ4v) is 1.94. The summed E-state index contributed by atoms with van der Waals surface area (Å²) in [5.41, 5.74) is 0.293. The molecule has 5 heteroatoms. The first-order valence-electron chi connectivity index (χ1n) is 7.37. The smallest absolute Gasteiger partial charge is 0.245 e. The SMILES string of the molecule is CC(NC(=O)C(C)(C)C)C(=O)N(C)C(C)c1ccc(F)cc1.